The molecule has 0 radical (unpaired) electrons. The van der Waals surface area contributed by atoms with Crippen molar-refractivity contribution < 1.29 is 38.4 Å². The second-order valence-electron chi connectivity index (χ2n) is 17.7. The predicted molar refractivity (Wildman–Crippen MR) is 266 cm³/mol. The van der Waals surface area contributed by atoms with Gasteiger partial charge in [-0.3, -0.25) is 19.4 Å². The van der Waals surface area contributed by atoms with Crippen LogP contribution in [0.2, 0.25) is 0 Å². The van der Waals surface area contributed by atoms with Crippen molar-refractivity contribution >= 4 is 68.3 Å². The van der Waals surface area contributed by atoms with Crippen molar-refractivity contribution in [2.75, 3.05) is 76.2 Å². The van der Waals surface area contributed by atoms with E-state index in [1.165, 1.54) is 6.20 Å². The highest BCUT2D eigenvalue weighted by atomic mass is 16.5. The zero-order valence-corrected chi connectivity index (χ0v) is 40.3. The number of nitrogens with two attached hydrogens (primary N) is 2. The van der Waals surface area contributed by atoms with E-state index in [0.29, 0.717) is 82.8 Å². The van der Waals surface area contributed by atoms with Crippen molar-refractivity contribution in [1.29, 1.82) is 0 Å². The molecule has 0 aliphatic carbocycles. The molecule has 21 heteroatoms. The number of aliphatic carboxylic acids is 1. The van der Waals surface area contributed by atoms with E-state index in [1.807, 2.05) is 18.2 Å². The number of carbonyl (C=O) groups excluding carboxylic acids is 2. The molecule has 21 nitrogen and oxygen atoms in total. The maximum Gasteiger partial charge on any atom is 0.326 e. The number of nitrogen functional groups attached to an aromatic ring is 2. The second kappa shape index (κ2) is 26.2. The van der Waals surface area contributed by atoms with Crippen LogP contribution >= 0.6 is 0 Å². The number of amides is 2. The predicted octanol–water partition coefficient (Wildman–Crippen LogP) is 4.77. The molecule has 6 rings (SSSR count). The fourth-order valence-corrected chi connectivity index (χ4v) is 7.67. The molecule has 1 unspecified atom stereocenters. The van der Waals surface area contributed by atoms with Crippen molar-refractivity contribution in [2.24, 2.45) is 5.41 Å². The van der Waals surface area contributed by atoms with Gasteiger partial charge in [0.1, 0.15) is 17.4 Å². The first-order valence-corrected chi connectivity index (χ1v) is 23.8. The lowest BCUT2D eigenvalue weighted by Gasteiger charge is -2.26. The summed E-state index contributed by atoms with van der Waals surface area (Å²) < 4.78 is 25.3. The quantitative estimate of drug-likeness (QED) is 0.0289. The molecule has 6 aromatic rings. The Balaban J connectivity index is 0.753. The molecular weight excluding hydrogens is 901 g/mol. The summed E-state index contributed by atoms with van der Waals surface area (Å²) in [6.45, 7) is 11.5. The van der Waals surface area contributed by atoms with Gasteiger partial charge in [-0.2, -0.15) is 4.98 Å². The van der Waals surface area contributed by atoms with Crippen molar-refractivity contribution in [3.05, 3.63) is 82.2 Å². The molecule has 9 N–H and O–H groups in total. The zero-order valence-electron chi connectivity index (χ0n) is 40.3. The Bertz CT molecular complexity index is 2730. The standard InChI is InChI=1S/C49H66N12O9/c1-4-5-14-38-58-40-42(35-11-6-7-12-36(35)56-43(40)50)61(38)30-49(2,3)31-70-22-10-21-67-24-26-69-27-25-68-23-19-39(62)52-20-9-8-13-37(47(65)66)57-45(63)32-15-17-33(18-16-32)53-28-34-29-54-44-41(55-34)46(64)60-48(51)59-44/h6-7,11-12,15-18,29,37,53H,4-5,8-10,13-14,19-28,30-31H2,1-3H3,(H2,50,56)(H,52,62)(H,57,63)(H,65,66)(H3,51,54,59,60,64). The first-order valence-electron chi connectivity index (χ1n) is 23.8. The van der Waals surface area contributed by atoms with Crippen LogP contribution in [-0.4, -0.2) is 123 Å². The molecular formula is C49H66N12O9. The van der Waals surface area contributed by atoms with Gasteiger partial charge in [0.05, 0.1) is 69.1 Å². The summed E-state index contributed by atoms with van der Waals surface area (Å²) in [4.78, 5) is 73.5. The highest BCUT2D eigenvalue weighted by Gasteiger charge is 2.25. The molecule has 0 aliphatic heterocycles. The monoisotopic (exact) mass is 967 g/mol. The van der Waals surface area contributed by atoms with Crippen LogP contribution in [0, 0.1) is 5.41 Å². The Morgan fingerprint density at radius 1 is 0.843 bits per heavy atom. The van der Waals surface area contributed by atoms with E-state index in [2.05, 4.69) is 72.3 Å². The molecule has 0 saturated heterocycles. The van der Waals surface area contributed by atoms with E-state index < -0.39 is 23.5 Å². The Kier molecular flexibility index (Phi) is 19.7. The number of hydrogen-bond acceptors (Lipinski definition) is 16. The van der Waals surface area contributed by atoms with Crippen LogP contribution in [-0.2, 0) is 48.0 Å². The van der Waals surface area contributed by atoms with Crippen LogP contribution in [0.15, 0.2) is 59.5 Å². The SMILES string of the molecule is CCCCc1nc2c(N)nc3ccccc3c2n1CC(C)(C)COCCCOCCOCCOCCC(=O)NCCCCC(NC(=O)c1ccc(NCc2cnc3nc(N)[nH]c(=O)c3n2)cc1)C(=O)O. The van der Waals surface area contributed by atoms with Gasteiger partial charge in [0.25, 0.3) is 11.5 Å². The molecule has 70 heavy (non-hydrogen) atoms. The number of ether oxygens (including phenoxy) is 4. The van der Waals surface area contributed by atoms with E-state index in [1.54, 1.807) is 24.3 Å². The van der Waals surface area contributed by atoms with E-state index >= 15 is 0 Å². The van der Waals surface area contributed by atoms with Gasteiger partial charge < -0.3 is 56.0 Å². The van der Waals surface area contributed by atoms with E-state index in [4.69, 9.17) is 35.4 Å². The number of fused-ring (bicyclic) bond motifs is 4. The third-order valence-electron chi connectivity index (χ3n) is 11.3. The number of carboxylic acid groups (broad SMARTS) is 1. The number of pyridine rings is 1. The van der Waals surface area contributed by atoms with E-state index in [-0.39, 0.29) is 60.0 Å². The maximum absolute atomic E-state index is 12.9. The zero-order chi connectivity index (χ0) is 49.9. The molecule has 376 valence electrons. The molecule has 2 aromatic carbocycles. The number of aromatic amines is 1. The fourth-order valence-electron chi connectivity index (χ4n) is 7.67. The van der Waals surface area contributed by atoms with Crippen LogP contribution < -0.4 is 33.0 Å². The van der Waals surface area contributed by atoms with Crippen molar-refractivity contribution in [3.8, 4) is 0 Å². The molecule has 2 amide bonds. The minimum atomic E-state index is -1.15. The average Bonchev–Trinajstić information content (AvgIpc) is 3.69. The highest BCUT2D eigenvalue weighted by molar-refractivity contribution is 6.06. The van der Waals surface area contributed by atoms with Crippen molar-refractivity contribution in [1.82, 2.24) is 45.1 Å². The van der Waals surface area contributed by atoms with Gasteiger partial charge in [0, 0.05) is 61.2 Å². The summed E-state index contributed by atoms with van der Waals surface area (Å²) in [6, 6.07) is 13.4. The molecule has 0 spiro atoms. The number of rotatable bonds is 31. The summed E-state index contributed by atoms with van der Waals surface area (Å²) in [5, 5.41) is 19.3. The van der Waals surface area contributed by atoms with Gasteiger partial charge in [-0.25, -0.2) is 24.7 Å². The van der Waals surface area contributed by atoms with Gasteiger partial charge in [0.15, 0.2) is 17.0 Å². The Hall–Kier alpha value is -6.81. The second-order valence-corrected chi connectivity index (χ2v) is 17.7. The molecule has 0 saturated carbocycles. The van der Waals surface area contributed by atoms with Crippen LogP contribution in [0.1, 0.15) is 87.6 Å². The number of nitrogens with one attached hydrogen (secondary N) is 4. The van der Waals surface area contributed by atoms with Gasteiger partial charge >= 0.3 is 5.97 Å². The van der Waals surface area contributed by atoms with Gasteiger partial charge in [-0.05, 0) is 62.4 Å². The van der Waals surface area contributed by atoms with Crippen LogP contribution in [0.25, 0.3) is 33.1 Å². The molecule has 0 fully saturated rings. The summed E-state index contributed by atoms with van der Waals surface area (Å²) in [7, 11) is 0. The number of hydrogen-bond donors (Lipinski definition) is 7. The lowest BCUT2D eigenvalue weighted by atomic mass is 9.94. The number of unbranched alkanes of at least 4 members (excludes halogenated alkanes) is 2. The number of anilines is 3. The lowest BCUT2D eigenvalue weighted by Crippen LogP contribution is -2.40. The third kappa shape index (κ3) is 15.6. The minimum Gasteiger partial charge on any atom is -0.480 e. The first-order chi connectivity index (χ1) is 33.8. The van der Waals surface area contributed by atoms with Crippen LogP contribution in [0.3, 0.4) is 0 Å². The number of aryl methyl sites for hydroxylation is 1. The Labute approximate surface area is 405 Å². The van der Waals surface area contributed by atoms with E-state index in [0.717, 1.165) is 60.0 Å². The largest absolute Gasteiger partial charge is 0.480 e. The van der Waals surface area contributed by atoms with Gasteiger partial charge in [0.2, 0.25) is 11.9 Å². The minimum absolute atomic E-state index is 0.0487. The molecule has 0 aliphatic rings. The maximum atomic E-state index is 12.9. The Morgan fingerprint density at radius 2 is 1.57 bits per heavy atom. The summed E-state index contributed by atoms with van der Waals surface area (Å²) in [6.07, 6.45) is 6.60. The molecule has 4 aromatic heterocycles. The normalized spacial score (nSPS) is 12.2. The summed E-state index contributed by atoms with van der Waals surface area (Å²) in [5.41, 5.74) is 15.6. The van der Waals surface area contributed by atoms with Crippen molar-refractivity contribution in [2.45, 2.75) is 91.3 Å². The molecule has 0 bridgehead atoms. The topological polar surface area (TPSA) is 299 Å². The third-order valence-corrected chi connectivity index (χ3v) is 11.3. The fraction of sp³-hybridized carbons (Fsp3) is 0.490. The molecule has 1 atom stereocenters. The number of carbonyl (C=O) groups is 3. The smallest absolute Gasteiger partial charge is 0.326 e. The van der Waals surface area contributed by atoms with Gasteiger partial charge in [-0.15, -0.1) is 0 Å². The highest BCUT2D eigenvalue weighted by Crippen LogP contribution is 2.32. The average molecular weight is 967 g/mol. The first kappa shape index (κ1) is 52.6. The summed E-state index contributed by atoms with van der Waals surface area (Å²) >= 11 is 0. The van der Waals surface area contributed by atoms with Gasteiger partial charge in [-0.1, -0.05) is 45.4 Å². The molecule has 4 heterocycles. The summed E-state index contributed by atoms with van der Waals surface area (Å²) in [5.74, 6) is -0.421. The number of imidazole rings is 1. The van der Waals surface area contributed by atoms with E-state index in [9.17, 15) is 24.3 Å². The number of carboxylic acids is 1. The van der Waals surface area contributed by atoms with Crippen LogP contribution in [0.5, 0.6) is 0 Å². The van der Waals surface area contributed by atoms with Crippen molar-refractivity contribution in [3.63, 3.8) is 0 Å². The number of nitrogens with zero attached hydrogens (tertiary/aromatic N) is 6. The van der Waals surface area contributed by atoms with Crippen LogP contribution in [0.4, 0.5) is 17.5 Å². The number of benzene rings is 2. The number of para-hydroxylation sites is 1. The number of aromatic nitrogens is 7. The number of H-pyrrole nitrogens is 1. The lowest BCUT2D eigenvalue weighted by molar-refractivity contribution is -0.139. The Morgan fingerprint density at radius 3 is 2.33 bits per heavy atom.